The third kappa shape index (κ3) is 4.55. The molecule has 0 saturated heterocycles. The van der Waals surface area contributed by atoms with Crippen LogP contribution in [0.4, 0.5) is 5.69 Å². The smallest absolute Gasteiger partial charge is 0.255 e. The molecule has 0 aliphatic carbocycles. The average molecular weight is 417 g/mol. The van der Waals surface area contributed by atoms with Crippen LogP contribution in [0.3, 0.4) is 0 Å². The van der Waals surface area contributed by atoms with Crippen LogP contribution in [0.25, 0.3) is 11.3 Å². The molecule has 1 aromatic heterocycles. The first-order valence-corrected chi connectivity index (χ1v) is 10.6. The molecule has 0 radical (unpaired) electrons. The molecule has 0 fully saturated rings. The Morgan fingerprint density at radius 3 is 2.29 bits per heavy atom. The normalized spacial score (nSPS) is 13.6. The van der Waals surface area contributed by atoms with E-state index in [1.807, 2.05) is 59.5 Å². The van der Waals surface area contributed by atoms with Gasteiger partial charge in [0.2, 0.25) is 5.91 Å². The van der Waals surface area contributed by atoms with Crippen LogP contribution in [-0.4, -0.2) is 23.3 Å². The van der Waals surface area contributed by atoms with Gasteiger partial charge in [0.05, 0.1) is 0 Å². The van der Waals surface area contributed by atoms with Crippen LogP contribution < -0.4 is 5.32 Å². The maximum Gasteiger partial charge on any atom is 0.255 e. The van der Waals surface area contributed by atoms with Gasteiger partial charge in [-0.25, -0.2) is 0 Å². The maximum atomic E-state index is 12.6. The molecule has 2 aromatic carbocycles. The average Bonchev–Trinajstić information content (AvgIpc) is 3.17. The van der Waals surface area contributed by atoms with E-state index in [-0.39, 0.29) is 17.2 Å². The fourth-order valence-corrected chi connectivity index (χ4v) is 3.79. The molecular formula is C26H28N2O3. The van der Waals surface area contributed by atoms with Crippen molar-refractivity contribution < 1.29 is 14.0 Å². The molecule has 1 aliphatic rings. The minimum Gasteiger partial charge on any atom is -0.461 e. The summed E-state index contributed by atoms with van der Waals surface area (Å²) in [5.41, 5.74) is 4.61. The summed E-state index contributed by atoms with van der Waals surface area (Å²) in [6, 6.07) is 17.4. The summed E-state index contributed by atoms with van der Waals surface area (Å²) < 4.78 is 6.02. The van der Waals surface area contributed by atoms with Gasteiger partial charge in [0.25, 0.3) is 5.91 Å². The van der Waals surface area contributed by atoms with Crippen molar-refractivity contribution in [3.8, 4) is 11.3 Å². The Morgan fingerprint density at radius 2 is 1.68 bits per heavy atom. The lowest BCUT2D eigenvalue weighted by molar-refractivity contribution is -0.129. The summed E-state index contributed by atoms with van der Waals surface area (Å²) in [7, 11) is 0. The first-order valence-electron chi connectivity index (χ1n) is 10.6. The number of anilines is 1. The topological polar surface area (TPSA) is 62.6 Å². The quantitative estimate of drug-likeness (QED) is 0.622. The number of furan rings is 1. The number of hydrogen-bond donors (Lipinski definition) is 1. The van der Waals surface area contributed by atoms with Crippen molar-refractivity contribution in [3.05, 3.63) is 77.0 Å². The van der Waals surface area contributed by atoms with E-state index in [9.17, 15) is 9.59 Å². The highest BCUT2D eigenvalue weighted by molar-refractivity contribution is 6.04. The van der Waals surface area contributed by atoms with E-state index >= 15 is 0 Å². The maximum absolute atomic E-state index is 12.6. The zero-order chi connectivity index (χ0) is 22.2. The first kappa shape index (κ1) is 20.9. The second kappa shape index (κ2) is 8.06. The predicted molar refractivity (Wildman–Crippen MR) is 122 cm³/mol. The van der Waals surface area contributed by atoms with Gasteiger partial charge in [-0.1, -0.05) is 32.9 Å². The molecule has 0 unspecified atom stereocenters. The van der Waals surface area contributed by atoms with Gasteiger partial charge in [0.1, 0.15) is 11.5 Å². The van der Waals surface area contributed by atoms with Crippen LogP contribution in [0.2, 0.25) is 0 Å². The lowest BCUT2D eigenvalue weighted by Crippen LogP contribution is -2.33. The van der Waals surface area contributed by atoms with Crippen molar-refractivity contribution in [1.29, 1.82) is 0 Å². The van der Waals surface area contributed by atoms with Crippen molar-refractivity contribution in [2.75, 3.05) is 11.9 Å². The molecule has 5 heteroatoms. The molecule has 0 atom stereocenters. The van der Waals surface area contributed by atoms with Gasteiger partial charge in [-0.05, 0) is 53.4 Å². The summed E-state index contributed by atoms with van der Waals surface area (Å²) in [5, 5.41) is 2.95. The number of nitrogens with zero attached hydrogens (tertiary/aromatic N) is 1. The zero-order valence-electron chi connectivity index (χ0n) is 18.5. The van der Waals surface area contributed by atoms with E-state index in [0.717, 1.165) is 34.8 Å². The molecule has 3 aromatic rings. The fourth-order valence-electron chi connectivity index (χ4n) is 3.79. The van der Waals surface area contributed by atoms with E-state index in [2.05, 4.69) is 26.1 Å². The van der Waals surface area contributed by atoms with E-state index in [1.54, 1.807) is 6.92 Å². The second-order valence-electron chi connectivity index (χ2n) is 9.11. The number of benzene rings is 2. The third-order valence-corrected chi connectivity index (χ3v) is 5.75. The van der Waals surface area contributed by atoms with Crippen LogP contribution in [0.15, 0.2) is 59.0 Å². The van der Waals surface area contributed by atoms with E-state index in [1.165, 1.54) is 5.56 Å². The van der Waals surface area contributed by atoms with Crippen molar-refractivity contribution >= 4 is 17.5 Å². The molecule has 31 heavy (non-hydrogen) atoms. The Hall–Kier alpha value is -3.34. The number of carbonyl (C=O) groups is 2. The summed E-state index contributed by atoms with van der Waals surface area (Å²) >= 11 is 0. The highest BCUT2D eigenvalue weighted by Crippen LogP contribution is 2.30. The molecule has 0 bridgehead atoms. The number of hydrogen-bond acceptors (Lipinski definition) is 3. The van der Waals surface area contributed by atoms with Crippen molar-refractivity contribution in [3.63, 3.8) is 0 Å². The van der Waals surface area contributed by atoms with Gasteiger partial charge in [0.15, 0.2) is 0 Å². The second-order valence-corrected chi connectivity index (χ2v) is 9.11. The molecular weight excluding hydrogens is 388 g/mol. The number of fused-ring (bicyclic) bond motifs is 1. The summed E-state index contributed by atoms with van der Waals surface area (Å²) in [4.78, 5) is 26.0. The highest BCUT2D eigenvalue weighted by Gasteiger charge is 2.22. The highest BCUT2D eigenvalue weighted by atomic mass is 16.3. The van der Waals surface area contributed by atoms with Crippen LogP contribution >= 0.6 is 0 Å². The van der Waals surface area contributed by atoms with Gasteiger partial charge >= 0.3 is 0 Å². The lowest BCUT2D eigenvalue weighted by Gasteiger charge is -2.24. The Morgan fingerprint density at radius 1 is 1.00 bits per heavy atom. The molecule has 0 spiro atoms. The predicted octanol–water partition coefficient (Wildman–Crippen LogP) is 5.40. The lowest BCUT2D eigenvalue weighted by atomic mass is 9.87. The third-order valence-electron chi connectivity index (χ3n) is 5.75. The van der Waals surface area contributed by atoms with Crippen LogP contribution in [-0.2, 0) is 23.2 Å². The van der Waals surface area contributed by atoms with Crippen molar-refractivity contribution in [2.45, 2.75) is 46.1 Å². The van der Waals surface area contributed by atoms with E-state index in [4.69, 9.17) is 4.42 Å². The minimum atomic E-state index is -0.133. The van der Waals surface area contributed by atoms with Crippen molar-refractivity contribution in [2.24, 2.45) is 0 Å². The van der Waals surface area contributed by atoms with Crippen LogP contribution in [0.5, 0.6) is 0 Å². The Balaban J connectivity index is 1.44. The van der Waals surface area contributed by atoms with Crippen LogP contribution in [0.1, 0.15) is 54.9 Å². The van der Waals surface area contributed by atoms with Crippen molar-refractivity contribution in [1.82, 2.24) is 4.90 Å². The van der Waals surface area contributed by atoms with Gasteiger partial charge in [-0.3, -0.25) is 9.59 Å². The summed E-state index contributed by atoms with van der Waals surface area (Å²) in [6.45, 7) is 9.33. The fraction of sp³-hybridized carbons (Fsp3) is 0.308. The monoisotopic (exact) mass is 416 g/mol. The zero-order valence-corrected chi connectivity index (χ0v) is 18.5. The standard InChI is InChI=1S/C26H28N2O3/c1-17(29)28-14-13-23-20(16-28)15-24(31-23)18-7-11-22(12-8-18)27-25(30)19-5-9-21(10-6-19)26(2,3)4/h5-12,15H,13-14,16H2,1-4H3,(H,27,30). The Labute approximate surface area is 183 Å². The van der Waals surface area contributed by atoms with Gasteiger partial charge in [-0.15, -0.1) is 0 Å². The van der Waals surface area contributed by atoms with Gasteiger partial charge < -0.3 is 14.6 Å². The number of amides is 2. The molecule has 1 aliphatic heterocycles. The first-order chi connectivity index (χ1) is 14.7. The molecule has 2 amide bonds. The minimum absolute atomic E-state index is 0.0558. The van der Waals surface area contributed by atoms with Gasteiger partial charge in [0, 0.05) is 48.8 Å². The number of carbonyl (C=O) groups excluding carboxylic acids is 2. The Kier molecular flexibility index (Phi) is 5.44. The van der Waals surface area contributed by atoms with Gasteiger partial charge in [-0.2, -0.15) is 0 Å². The summed E-state index contributed by atoms with van der Waals surface area (Å²) in [6.07, 6.45) is 0.733. The van der Waals surface area contributed by atoms with Crippen LogP contribution in [0, 0.1) is 0 Å². The molecule has 4 rings (SSSR count). The molecule has 2 heterocycles. The number of nitrogens with one attached hydrogen (secondary N) is 1. The molecule has 0 saturated carbocycles. The number of rotatable bonds is 3. The van der Waals surface area contributed by atoms with E-state index < -0.39 is 0 Å². The SMILES string of the molecule is CC(=O)N1CCc2oc(-c3ccc(NC(=O)c4ccc(C(C)(C)C)cc4)cc3)cc2C1. The molecule has 5 nitrogen and oxygen atoms in total. The Bertz CT molecular complexity index is 1100. The largest absolute Gasteiger partial charge is 0.461 e. The van der Waals surface area contributed by atoms with E-state index in [0.29, 0.717) is 18.7 Å². The molecule has 160 valence electrons. The molecule has 1 N–H and O–H groups in total. The summed E-state index contributed by atoms with van der Waals surface area (Å²) in [5.74, 6) is 1.68.